The molecule has 1 amide bonds. The number of sulfonamides is 1. The van der Waals surface area contributed by atoms with E-state index in [1.165, 1.54) is 11.3 Å². The standard InChI is InChI=1S/C11H16N4O3S2/c1-8(9-7-15-5-6-19-11(15)14-9)13-10(16)3-4-12-20(2,17)18/h5-8,12H,3-4H2,1-2H3,(H,13,16). The van der Waals surface area contributed by atoms with Crippen molar-refractivity contribution in [2.75, 3.05) is 12.8 Å². The van der Waals surface area contributed by atoms with Gasteiger partial charge < -0.3 is 5.32 Å². The van der Waals surface area contributed by atoms with Crippen LogP contribution in [0.25, 0.3) is 4.96 Å². The number of aromatic nitrogens is 2. The second-order valence-electron chi connectivity index (χ2n) is 4.46. The Labute approximate surface area is 121 Å². The van der Waals surface area contributed by atoms with Crippen molar-refractivity contribution < 1.29 is 13.2 Å². The fourth-order valence-electron chi connectivity index (χ4n) is 1.69. The maximum Gasteiger partial charge on any atom is 0.221 e. The summed E-state index contributed by atoms with van der Waals surface area (Å²) in [5.74, 6) is -0.218. The number of imidazole rings is 1. The van der Waals surface area contributed by atoms with Gasteiger partial charge in [0.2, 0.25) is 15.9 Å². The highest BCUT2D eigenvalue weighted by atomic mass is 32.2. The lowest BCUT2D eigenvalue weighted by atomic mass is 10.2. The third kappa shape index (κ3) is 4.02. The van der Waals surface area contributed by atoms with E-state index in [0.717, 1.165) is 16.9 Å². The Bertz CT molecular complexity index is 676. The van der Waals surface area contributed by atoms with Gasteiger partial charge >= 0.3 is 0 Å². The van der Waals surface area contributed by atoms with Crippen molar-refractivity contribution in [3.63, 3.8) is 0 Å². The largest absolute Gasteiger partial charge is 0.348 e. The predicted octanol–water partition coefficient (Wildman–Crippen LogP) is 0.512. The zero-order chi connectivity index (χ0) is 14.8. The minimum absolute atomic E-state index is 0.0929. The van der Waals surface area contributed by atoms with E-state index in [2.05, 4.69) is 15.0 Å². The van der Waals surface area contributed by atoms with Crippen LogP contribution in [0, 0.1) is 0 Å². The Hall–Kier alpha value is -1.45. The highest BCUT2D eigenvalue weighted by Gasteiger charge is 2.13. The molecule has 110 valence electrons. The maximum atomic E-state index is 11.7. The van der Waals surface area contributed by atoms with Crippen molar-refractivity contribution >= 4 is 32.2 Å². The van der Waals surface area contributed by atoms with Gasteiger partial charge in [-0.2, -0.15) is 0 Å². The number of nitrogens with one attached hydrogen (secondary N) is 2. The third-order valence-corrected chi connectivity index (χ3v) is 4.15. The molecule has 2 aromatic rings. The van der Waals surface area contributed by atoms with Crippen LogP contribution in [-0.2, 0) is 14.8 Å². The number of fused-ring (bicyclic) bond motifs is 1. The highest BCUT2D eigenvalue weighted by Crippen LogP contribution is 2.16. The van der Waals surface area contributed by atoms with Gasteiger partial charge in [0.15, 0.2) is 4.96 Å². The summed E-state index contributed by atoms with van der Waals surface area (Å²) in [6.07, 6.45) is 4.93. The van der Waals surface area contributed by atoms with Crippen LogP contribution in [0.1, 0.15) is 25.1 Å². The molecule has 1 atom stereocenters. The Morgan fingerprint density at radius 1 is 1.55 bits per heavy atom. The molecule has 2 aromatic heterocycles. The molecular formula is C11H16N4O3S2. The molecule has 20 heavy (non-hydrogen) atoms. The van der Waals surface area contributed by atoms with Crippen molar-refractivity contribution in [2.45, 2.75) is 19.4 Å². The van der Waals surface area contributed by atoms with Crippen molar-refractivity contribution in [1.82, 2.24) is 19.4 Å². The van der Waals surface area contributed by atoms with E-state index in [1.807, 2.05) is 29.1 Å². The molecule has 1 unspecified atom stereocenters. The van der Waals surface area contributed by atoms with Gasteiger partial charge in [0.25, 0.3) is 0 Å². The van der Waals surface area contributed by atoms with E-state index in [0.29, 0.717) is 0 Å². The van der Waals surface area contributed by atoms with Crippen LogP contribution in [0.5, 0.6) is 0 Å². The Morgan fingerprint density at radius 3 is 2.95 bits per heavy atom. The molecule has 2 heterocycles. The fourth-order valence-corrected chi connectivity index (χ4v) is 2.87. The van der Waals surface area contributed by atoms with Crippen molar-refractivity contribution in [3.8, 4) is 0 Å². The number of amides is 1. The van der Waals surface area contributed by atoms with Crippen LogP contribution in [0.2, 0.25) is 0 Å². The fraction of sp³-hybridized carbons (Fsp3) is 0.455. The molecular weight excluding hydrogens is 300 g/mol. The lowest BCUT2D eigenvalue weighted by Crippen LogP contribution is -2.31. The molecule has 2 N–H and O–H groups in total. The first-order valence-corrected chi connectivity index (χ1v) is 8.78. The van der Waals surface area contributed by atoms with E-state index in [4.69, 9.17) is 0 Å². The summed E-state index contributed by atoms with van der Waals surface area (Å²) in [4.78, 5) is 17.0. The summed E-state index contributed by atoms with van der Waals surface area (Å²) in [5.41, 5.74) is 0.779. The molecule has 0 fully saturated rings. The number of hydrogen-bond acceptors (Lipinski definition) is 5. The molecule has 0 aromatic carbocycles. The third-order valence-electron chi connectivity index (χ3n) is 2.65. The van der Waals surface area contributed by atoms with Gasteiger partial charge in [0.1, 0.15) is 0 Å². The first-order chi connectivity index (χ1) is 9.35. The van der Waals surface area contributed by atoms with Gasteiger partial charge in [0, 0.05) is 30.7 Å². The number of carbonyl (C=O) groups is 1. The van der Waals surface area contributed by atoms with E-state index < -0.39 is 10.0 Å². The SMILES string of the molecule is CC(NC(=O)CCNS(C)(=O)=O)c1cn2ccsc2n1. The lowest BCUT2D eigenvalue weighted by molar-refractivity contribution is -0.121. The number of hydrogen-bond donors (Lipinski definition) is 2. The minimum atomic E-state index is -3.25. The monoisotopic (exact) mass is 316 g/mol. The van der Waals surface area contributed by atoms with E-state index >= 15 is 0 Å². The Kier molecular flexibility index (Phi) is 4.41. The van der Waals surface area contributed by atoms with E-state index in [-0.39, 0.29) is 24.9 Å². The molecule has 0 aliphatic heterocycles. The molecule has 0 saturated carbocycles. The van der Waals surface area contributed by atoms with Gasteiger partial charge in [-0.15, -0.1) is 11.3 Å². The van der Waals surface area contributed by atoms with Gasteiger partial charge in [-0.3, -0.25) is 9.20 Å². The predicted molar refractivity (Wildman–Crippen MR) is 77.1 cm³/mol. The number of nitrogens with zero attached hydrogens (tertiary/aromatic N) is 2. The first-order valence-electron chi connectivity index (χ1n) is 6.01. The summed E-state index contributed by atoms with van der Waals surface area (Å²) in [6, 6.07) is -0.215. The summed E-state index contributed by atoms with van der Waals surface area (Å²) < 4.78 is 25.9. The topological polar surface area (TPSA) is 92.6 Å². The van der Waals surface area contributed by atoms with Crippen molar-refractivity contribution in [1.29, 1.82) is 0 Å². The van der Waals surface area contributed by atoms with Crippen LogP contribution >= 0.6 is 11.3 Å². The van der Waals surface area contributed by atoms with Crippen LogP contribution in [0.3, 0.4) is 0 Å². The number of rotatable bonds is 6. The minimum Gasteiger partial charge on any atom is -0.348 e. The summed E-state index contributed by atoms with van der Waals surface area (Å²) >= 11 is 1.52. The maximum absolute atomic E-state index is 11.7. The van der Waals surface area contributed by atoms with Crippen LogP contribution < -0.4 is 10.0 Å². The van der Waals surface area contributed by atoms with Gasteiger partial charge in [-0.1, -0.05) is 0 Å². The average molecular weight is 316 g/mol. The van der Waals surface area contributed by atoms with Crippen molar-refractivity contribution in [2.24, 2.45) is 0 Å². The summed E-state index contributed by atoms with van der Waals surface area (Å²) in [5, 5.41) is 4.72. The molecule has 0 radical (unpaired) electrons. The summed E-state index contributed by atoms with van der Waals surface area (Å²) in [6.45, 7) is 1.93. The molecule has 0 spiro atoms. The van der Waals surface area contributed by atoms with Crippen LogP contribution in [0.4, 0.5) is 0 Å². The van der Waals surface area contributed by atoms with Crippen LogP contribution in [0.15, 0.2) is 17.8 Å². The number of carbonyl (C=O) groups excluding carboxylic acids is 1. The van der Waals surface area contributed by atoms with Crippen LogP contribution in [-0.4, -0.2) is 36.5 Å². The molecule has 7 nitrogen and oxygen atoms in total. The average Bonchev–Trinajstić information content (AvgIpc) is 2.86. The highest BCUT2D eigenvalue weighted by molar-refractivity contribution is 7.88. The zero-order valence-corrected chi connectivity index (χ0v) is 12.8. The van der Waals surface area contributed by atoms with E-state index in [9.17, 15) is 13.2 Å². The first kappa shape index (κ1) is 14.9. The zero-order valence-electron chi connectivity index (χ0n) is 11.2. The van der Waals surface area contributed by atoms with E-state index in [1.54, 1.807) is 0 Å². The molecule has 0 aliphatic carbocycles. The van der Waals surface area contributed by atoms with Crippen molar-refractivity contribution in [3.05, 3.63) is 23.5 Å². The smallest absolute Gasteiger partial charge is 0.221 e. The second-order valence-corrected chi connectivity index (χ2v) is 7.17. The van der Waals surface area contributed by atoms with Gasteiger partial charge in [-0.25, -0.2) is 18.1 Å². The van der Waals surface area contributed by atoms with Gasteiger partial charge in [0.05, 0.1) is 18.0 Å². The molecule has 0 bridgehead atoms. The molecule has 0 aliphatic rings. The molecule has 2 rings (SSSR count). The molecule has 0 saturated heterocycles. The van der Waals surface area contributed by atoms with Gasteiger partial charge in [-0.05, 0) is 6.92 Å². The second kappa shape index (κ2) is 5.90. The lowest BCUT2D eigenvalue weighted by Gasteiger charge is -2.11. The molecule has 9 heteroatoms. The quantitative estimate of drug-likeness (QED) is 0.812. The normalized spacial score (nSPS) is 13.5. The Balaban J connectivity index is 1.86. The number of thiazole rings is 1. The summed E-state index contributed by atoms with van der Waals surface area (Å²) in [7, 11) is -3.25. The Morgan fingerprint density at radius 2 is 2.30 bits per heavy atom.